The minimum atomic E-state index is -4.31. The van der Waals surface area contributed by atoms with Crippen LogP contribution in [-0.4, -0.2) is 35.3 Å². The Morgan fingerprint density at radius 1 is 1.11 bits per heavy atom. The number of benzene rings is 1. The summed E-state index contributed by atoms with van der Waals surface area (Å²) in [5.74, 6) is 1.28. The van der Waals surface area contributed by atoms with Gasteiger partial charge in [0.25, 0.3) is 0 Å². The molecule has 2 aliphatic heterocycles. The molecule has 2 heterocycles. The molecule has 4 nitrogen and oxygen atoms in total. The maximum Gasteiger partial charge on any atom is 0.416 e. The van der Waals surface area contributed by atoms with E-state index in [1.807, 2.05) is 4.90 Å². The number of piperidine rings is 1. The second-order valence-electron chi connectivity index (χ2n) is 8.65. The second kappa shape index (κ2) is 5.49. The smallest absolute Gasteiger partial charge is 0.351 e. The molecule has 0 unspecified atom stereocenters. The van der Waals surface area contributed by atoms with E-state index in [-0.39, 0.29) is 29.2 Å². The predicted molar refractivity (Wildman–Crippen MR) is 90.6 cm³/mol. The Morgan fingerprint density at radius 2 is 1.74 bits per heavy atom. The molecule has 4 fully saturated rings. The van der Waals surface area contributed by atoms with Crippen molar-refractivity contribution in [1.29, 1.82) is 0 Å². The van der Waals surface area contributed by atoms with E-state index in [1.54, 1.807) is 12.1 Å². The highest BCUT2D eigenvalue weighted by Crippen LogP contribution is 2.59. The van der Waals surface area contributed by atoms with Gasteiger partial charge in [-0.2, -0.15) is 13.2 Å². The molecule has 1 N–H and O–H groups in total. The van der Waals surface area contributed by atoms with Crippen LogP contribution in [-0.2, 0) is 15.8 Å². The summed E-state index contributed by atoms with van der Waals surface area (Å²) in [7, 11) is 0. The molecule has 27 heavy (non-hydrogen) atoms. The van der Waals surface area contributed by atoms with Crippen molar-refractivity contribution in [3.63, 3.8) is 0 Å². The molecule has 3 atom stereocenters. The quantitative estimate of drug-likeness (QED) is 0.860. The molecule has 2 saturated carbocycles. The molecule has 7 heteroatoms. The van der Waals surface area contributed by atoms with E-state index in [1.165, 1.54) is 0 Å². The highest BCUT2D eigenvalue weighted by molar-refractivity contribution is 5.84. The number of rotatable bonds is 2. The standard InChI is InChI=1S/C20H21F3N2O2/c21-20(22,23)13-3-1-11(2-4-13)17-14-9-25(10-15(14)17)18(27)12-7-19(8-12)6-5-16(26)24-19/h1-4,12,14-15,17H,5-10H2,(H,24,26)/t12?,14-,15+,17-,19?. The number of carbonyl (C=O) groups excluding carboxylic acids is 2. The number of hydrogen-bond donors (Lipinski definition) is 1. The van der Waals surface area contributed by atoms with Crippen LogP contribution in [0.2, 0.25) is 0 Å². The Bertz CT molecular complexity index is 786. The van der Waals surface area contributed by atoms with Crippen molar-refractivity contribution in [3.8, 4) is 0 Å². The monoisotopic (exact) mass is 378 g/mol. The average molecular weight is 378 g/mol. The van der Waals surface area contributed by atoms with Gasteiger partial charge in [0.05, 0.1) is 5.56 Å². The van der Waals surface area contributed by atoms with Gasteiger partial charge in [0.1, 0.15) is 0 Å². The van der Waals surface area contributed by atoms with E-state index in [2.05, 4.69) is 5.32 Å². The maximum atomic E-state index is 12.7. The lowest BCUT2D eigenvalue weighted by atomic mass is 9.67. The third-order valence-corrected chi connectivity index (χ3v) is 6.99. The van der Waals surface area contributed by atoms with Crippen LogP contribution in [0, 0.1) is 17.8 Å². The Labute approximate surface area is 155 Å². The first kappa shape index (κ1) is 17.1. The summed E-state index contributed by atoms with van der Waals surface area (Å²) in [6.07, 6.45) is -1.43. The van der Waals surface area contributed by atoms with Gasteiger partial charge in [-0.25, -0.2) is 0 Å². The SMILES string of the molecule is O=C1CCC2(CC(C(=O)N3C[C@@H]4[C@H](C3)[C@@H]4c3ccc(C(F)(F)F)cc3)C2)N1. The number of hydrogen-bond acceptors (Lipinski definition) is 2. The van der Waals surface area contributed by atoms with Crippen molar-refractivity contribution in [1.82, 2.24) is 10.2 Å². The third-order valence-electron chi connectivity index (χ3n) is 6.99. The first-order valence-corrected chi connectivity index (χ1v) is 9.53. The zero-order valence-electron chi connectivity index (χ0n) is 14.8. The summed E-state index contributed by atoms with van der Waals surface area (Å²) in [5.41, 5.74) is 0.191. The molecule has 1 aromatic rings. The van der Waals surface area contributed by atoms with Crippen LogP contribution in [0.4, 0.5) is 13.2 Å². The van der Waals surface area contributed by atoms with E-state index in [0.29, 0.717) is 31.3 Å². The largest absolute Gasteiger partial charge is 0.416 e. The normalized spacial score (nSPS) is 37.1. The Kier molecular flexibility index (Phi) is 3.47. The summed E-state index contributed by atoms with van der Waals surface area (Å²) < 4.78 is 38.1. The summed E-state index contributed by atoms with van der Waals surface area (Å²) >= 11 is 0. The second-order valence-corrected chi connectivity index (χ2v) is 8.65. The fraction of sp³-hybridized carbons (Fsp3) is 0.600. The van der Waals surface area contributed by atoms with Crippen molar-refractivity contribution in [2.24, 2.45) is 17.8 Å². The molecule has 1 aromatic carbocycles. The fourth-order valence-corrected chi connectivity index (χ4v) is 5.49. The number of fused-ring (bicyclic) bond motifs is 1. The first-order valence-electron chi connectivity index (χ1n) is 9.53. The van der Waals surface area contributed by atoms with E-state index < -0.39 is 11.7 Å². The van der Waals surface area contributed by atoms with Gasteiger partial charge in [-0.15, -0.1) is 0 Å². The molecule has 2 amide bonds. The van der Waals surface area contributed by atoms with E-state index in [4.69, 9.17) is 0 Å². The van der Waals surface area contributed by atoms with Gasteiger partial charge in [-0.05, 0) is 54.7 Å². The average Bonchev–Trinajstić information content (AvgIpc) is 2.93. The number of nitrogens with one attached hydrogen (secondary N) is 1. The van der Waals surface area contributed by atoms with Gasteiger partial charge in [0, 0.05) is 31.0 Å². The summed E-state index contributed by atoms with van der Waals surface area (Å²) in [6.45, 7) is 1.40. The lowest BCUT2D eigenvalue weighted by Crippen LogP contribution is -2.56. The van der Waals surface area contributed by atoms with Crippen LogP contribution in [0.1, 0.15) is 42.7 Å². The zero-order valence-corrected chi connectivity index (χ0v) is 14.8. The van der Waals surface area contributed by atoms with Gasteiger partial charge in [-0.3, -0.25) is 9.59 Å². The Balaban J connectivity index is 1.16. The van der Waals surface area contributed by atoms with Gasteiger partial charge in [0.15, 0.2) is 0 Å². The Morgan fingerprint density at radius 3 is 2.26 bits per heavy atom. The summed E-state index contributed by atoms with van der Waals surface area (Å²) in [6, 6.07) is 5.46. The van der Waals surface area contributed by atoms with Crippen LogP contribution < -0.4 is 5.32 Å². The van der Waals surface area contributed by atoms with E-state index in [9.17, 15) is 22.8 Å². The van der Waals surface area contributed by atoms with E-state index >= 15 is 0 Å². The van der Waals surface area contributed by atoms with Crippen LogP contribution in [0.15, 0.2) is 24.3 Å². The number of likely N-dealkylation sites (tertiary alicyclic amines) is 1. The summed E-state index contributed by atoms with van der Waals surface area (Å²) in [5, 5.41) is 3.01. The molecule has 0 bridgehead atoms. The fourth-order valence-electron chi connectivity index (χ4n) is 5.49. The molecule has 2 saturated heterocycles. The first-order chi connectivity index (χ1) is 12.8. The molecule has 5 rings (SSSR count). The minimum absolute atomic E-state index is 0.00502. The topological polar surface area (TPSA) is 49.4 Å². The van der Waals surface area contributed by atoms with Gasteiger partial charge in [-0.1, -0.05) is 12.1 Å². The van der Waals surface area contributed by atoms with Crippen molar-refractivity contribution in [3.05, 3.63) is 35.4 Å². The molecule has 0 aromatic heterocycles. The van der Waals surface area contributed by atoms with Gasteiger partial charge >= 0.3 is 6.18 Å². The van der Waals surface area contributed by atoms with Gasteiger partial charge in [0.2, 0.25) is 11.8 Å². The molecule has 0 radical (unpaired) electrons. The van der Waals surface area contributed by atoms with Crippen molar-refractivity contribution >= 4 is 11.8 Å². The lowest BCUT2D eigenvalue weighted by molar-refractivity contribution is -0.141. The molecular formula is C20H21F3N2O2. The highest BCUT2D eigenvalue weighted by Gasteiger charge is 2.59. The summed E-state index contributed by atoms with van der Waals surface area (Å²) in [4.78, 5) is 26.0. The number of alkyl halides is 3. The third kappa shape index (κ3) is 2.74. The lowest BCUT2D eigenvalue weighted by Gasteiger charge is -2.45. The van der Waals surface area contributed by atoms with Crippen molar-refractivity contribution < 1.29 is 22.8 Å². The number of carbonyl (C=O) groups is 2. The maximum absolute atomic E-state index is 12.7. The minimum Gasteiger partial charge on any atom is -0.351 e. The zero-order chi connectivity index (χ0) is 19.0. The van der Waals surface area contributed by atoms with Gasteiger partial charge < -0.3 is 10.2 Å². The van der Waals surface area contributed by atoms with Crippen LogP contribution in [0.3, 0.4) is 0 Å². The molecule has 4 aliphatic rings. The molecule has 1 spiro atoms. The Hall–Kier alpha value is -2.05. The molecule has 2 aliphatic carbocycles. The predicted octanol–water partition coefficient (Wildman–Crippen LogP) is 2.94. The molecular weight excluding hydrogens is 357 g/mol. The van der Waals surface area contributed by atoms with Crippen LogP contribution >= 0.6 is 0 Å². The van der Waals surface area contributed by atoms with Crippen LogP contribution in [0.25, 0.3) is 0 Å². The van der Waals surface area contributed by atoms with Crippen molar-refractivity contribution in [2.45, 2.75) is 43.3 Å². The van der Waals surface area contributed by atoms with Crippen molar-refractivity contribution in [2.75, 3.05) is 13.1 Å². The van der Waals surface area contributed by atoms with E-state index in [0.717, 1.165) is 37.0 Å². The number of halogens is 3. The highest BCUT2D eigenvalue weighted by atomic mass is 19.4. The number of amides is 2. The molecule has 144 valence electrons. The van der Waals surface area contributed by atoms with Crippen LogP contribution in [0.5, 0.6) is 0 Å². The number of nitrogens with zero attached hydrogens (tertiary/aromatic N) is 1.